The topological polar surface area (TPSA) is 58.8 Å². The van der Waals surface area contributed by atoms with Gasteiger partial charge in [0.1, 0.15) is 0 Å². The maximum Gasteiger partial charge on any atom is 0.236 e. The number of hydrogen-bond acceptors (Lipinski definition) is 4. The second-order valence-corrected chi connectivity index (χ2v) is 6.42. The summed E-state index contributed by atoms with van der Waals surface area (Å²) in [5.74, 6) is 0.141. The highest BCUT2D eigenvalue weighted by Gasteiger charge is 2.29. The summed E-state index contributed by atoms with van der Waals surface area (Å²) in [5.41, 5.74) is 8.29. The molecular weight excluding hydrogens is 290 g/mol. The molecule has 1 aromatic carbocycles. The third-order valence-electron chi connectivity index (χ3n) is 4.83. The lowest BCUT2D eigenvalue weighted by atomic mass is 9.99. The Morgan fingerprint density at radius 2 is 2.17 bits per heavy atom. The van der Waals surface area contributed by atoms with Gasteiger partial charge in [-0.3, -0.25) is 9.69 Å². The van der Waals surface area contributed by atoms with Crippen LogP contribution in [0.5, 0.6) is 0 Å². The van der Waals surface area contributed by atoms with Gasteiger partial charge >= 0.3 is 0 Å². The summed E-state index contributed by atoms with van der Waals surface area (Å²) in [6.45, 7) is 4.58. The molecule has 1 aliphatic heterocycles. The van der Waals surface area contributed by atoms with Crippen LogP contribution in [0.2, 0.25) is 0 Å². The van der Waals surface area contributed by atoms with Crippen molar-refractivity contribution >= 4 is 5.91 Å². The molecule has 1 fully saturated rings. The Balaban J connectivity index is 1.91. The lowest BCUT2D eigenvalue weighted by molar-refractivity contribution is -0.133. The Kier molecular flexibility index (Phi) is 6.57. The van der Waals surface area contributed by atoms with Gasteiger partial charge in [-0.25, -0.2) is 0 Å². The van der Waals surface area contributed by atoms with Gasteiger partial charge in [0.25, 0.3) is 0 Å². The second-order valence-electron chi connectivity index (χ2n) is 6.42. The van der Waals surface area contributed by atoms with Crippen LogP contribution in [0.4, 0.5) is 0 Å². The zero-order valence-corrected chi connectivity index (χ0v) is 14.5. The summed E-state index contributed by atoms with van der Waals surface area (Å²) in [6, 6.07) is 8.41. The normalized spacial score (nSPS) is 22.1. The first-order valence-electron chi connectivity index (χ1n) is 8.30. The monoisotopic (exact) mass is 319 g/mol. The van der Waals surface area contributed by atoms with Crippen molar-refractivity contribution in [1.82, 2.24) is 9.80 Å². The highest BCUT2D eigenvalue weighted by atomic mass is 16.5. The van der Waals surface area contributed by atoms with Crippen LogP contribution >= 0.6 is 0 Å². The van der Waals surface area contributed by atoms with Gasteiger partial charge < -0.3 is 15.4 Å². The number of likely N-dealkylation sites (tertiary alicyclic amines) is 1. The predicted octanol–water partition coefficient (Wildman–Crippen LogP) is 1.39. The number of amides is 1. The van der Waals surface area contributed by atoms with Crippen LogP contribution in [0.25, 0.3) is 0 Å². The molecule has 0 radical (unpaired) electrons. The fraction of sp³-hybridized carbons (Fsp3) is 0.611. The number of ether oxygens (including phenoxy) is 1. The minimum absolute atomic E-state index is 0.141. The van der Waals surface area contributed by atoms with E-state index in [0.717, 1.165) is 19.4 Å². The SMILES string of the molecule is COC1CCN(CC(=O)N(C)Cc2ccccc2C)C(CN)C1. The molecule has 0 aliphatic carbocycles. The van der Waals surface area contributed by atoms with Gasteiger partial charge in [-0.1, -0.05) is 24.3 Å². The molecule has 1 heterocycles. The maximum absolute atomic E-state index is 12.6. The first kappa shape index (κ1) is 17.9. The lowest BCUT2D eigenvalue weighted by Gasteiger charge is -2.38. The first-order chi connectivity index (χ1) is 11.0. The number of carbonyl (C=O) groups excluding carboxylic acids is 1. The van der Waals surface area contributed by atoms with Crippen molar-refractivity contribution in [2.45, 2.75) is 38.5 Å². The average molecular weight is 319 g/mol. The number of methoxy groups -OCH3 is 1. The van der Waals surface area contributed by atoms with Crippen LogP contribution in [0, 0.1) is 6.92 Å². The molecule has 0 spiro atoms. The molecular formula is C18H29N3O2. The summed E-state index contributed by atoms with van der Waals surface area (Å²) in [7, 11) is 3.61. The summed E-state index contributed by atoms with van der Waals surface area (Å²) in [5, 5.41) is 0. The molecule has 1 saturated heterocycles. The standard InChI is InChI=1S/C18H29N3O2/c1-14-6-4-5-7-15(14)12-20(2)18(22)13-21-9-8-17(23-3)10-16(21)11-19/h4-7,16-17H,8-13,19H2,1-3H3. The average Bonchev–Trinajstić information content (AvgIpc) is 2.57. The third-order valence-corrected chi connectivity index (χ3v) is 4.83. The minimum atomic E-state index is 0.141. The van der Waals surface area contributed by atoms with E-state index < -0.39 is 0 Å². The van der Waals surface area contributed by atoms with Crippen molar-refractivity contribution in [3.05, 3.63) is 35.4 Å². The van der Waals surface area contributed by atoms with Crippen LogP contribution in [-0.2, 0) is 16.1 Å². The van der Waals surface area contributed by atoms with E-state index in [0.29, 0.717) is 19.6 Å². The Morgan fingerprint density at radius 3 is 2.83 bits per heavy atom. The maximum atomic E-state index is 12.6. The highest BCUT2D eigenvalue weighted by molar-refractivity contribution is 5.78. The third kappa shape index (κ3) is 4.77. The number of benzene rings is 1. The molecule has 0 saturated carbocycles. The fourth-order valence-corrected chi connectivity index (χ4v) is 3.16. The molecule has 128 valence electrons. The minimum Gasteiger partial charge on any atom is -0.381 e. The number of aryl methyl sites for hydroxylation is 1. The molecule has 23 heavy (non-hydrogen) atoms. The van der Waals surface area contributed by atoms with Gasteiger partial charge in [0.15, 0.2) is 0 Å². The molecule has 1 amide bonds. The van der Waals surface area contributed by atoms with E-state index in [1.165, 1.54) is 11.1 Å². The van der Waals surface area contributed by atoms with Gasteiger partial charge in [-0.05, 0) is 30.9 Å². The number of nitrogens with zero attached hydrogens (tertiary/aromatic N) is 2. The molecule has 2 N–H and O–H groups in total. The van der Waals surface area contributed by atoms with Crippen molar-refractivity contribution in [2.24, 2.45) is 5.73 Å². The van der Waals surface area contributed by atoms with Crippen LogP contribution < -0.4 is 5.73 Å². The van der Waals surface area contributed by atoms with Gasteiger partial charge in [0.05, 0.1) is 12.6 Å². The Bertz CT molecular complexity index is 521. The Morgan fingerprint density at radius 1 is 1.43 bits per heavy atom. The molecule has 5 nitrogen and oxygen atoms in total. The van der Waals surface area contributed by atoms with Crippen LogP contribution in [0.15, 0.2) is 24.3 Å². The van der Waals surface area contributed by atoms with Crippen molar-refractivity contribution in [3.63, 3.8) is 0 Å². The molecule has 0 bridgehead atoms. The van der Waals surface area contributed by atoms with Crippen molar-refractivity contribution in [2.75, 3.05) is 33.8 Å². The Hall–Kier alpha value is -1.43. The number of rotatable bonds is 6. The summed E-state index contributed by atoms with van der Waals surface area (Å²) in [4.78, 5) is 16.6. The summed E-state index contributed by atoms with van der Waals surface area (Å²) in [6.07, 6.45) is 2.13. The van der Waals surface area contributed by atoms with E-state index in [1.54, 1.807) is 12.0 Å². The van der Waals surface area contributed by atoms with E-state index in [4.69, 9.17) is 10.5 Å². The molecule has 0 aromatic heterocycles. The molecule has 1 aliphatic rings. The molecule has 2 unspecified atom stereocenters. The Labute approximate surface area is 139 Å². The fourth-order valence-electron chi connectivity index (χ4n) is 3.16. The number of piperidine rings is 1. The van der Waals surface area contributed by atoms with Crippen LogP contribution in [0.1, 0.15) is 24.0 Å². The molecule has 1 aromatic rings. The smallest absolute Gasteiger partial charge is 0.236 e. The van der Waals surface area contributed by atoms with E-state index in [-0.39, 0.29) is 18.1 Å². The summed E-state index contributed by atoms with van der Waals surface area (Å²) < 4.78 is 5.44. The van der Waals surface area contributed by atoms with E-state index >= 15 is 0 Å². The van der Waals surface area contributed by atoms with E-state index in [2.05, 4.69) is 24.0 Å². The van der Waals surface area contributed by atoms with E-state index in [9.17, 15) is 4.79 Å². The van der Waals surface area contributed by atoms with Crippen molar-refractivity contribution in [3.8, 4) is 0 Å². The summed E-state index contributed by atoms with van der Waals surface area (Å²) >= 11 is 0. The van der Waals surface area contributed by atoms with Crippen molar-refractivity contribution in [1.29, 1.82) is 0 Å². The number of nitrogens with two attached hydrogens (primary N) is 1. The van der Waals surface area contributed by atoms with Crippen LogP contribution in [-0.4, -0.2) is 61.6 Å². The number of hydrogen-bond donors (Lipinski definition) is 1. The van der Waals surface area contributed by atoms with Gasteiger partial charge in [-0.2, -0.15) is 0 Å². The second kappa shape index (κ2) is 8.43. The molecule has 2 rings (SSSR count). The first-order valence-corrected chi connectivity index (χ1v) is 8.30. The van der Waals surface area contributed by atoms with Crippen LogP contribution in [0.3, 0.4) is 0 Å². The van der Waals surface area contributed by atoms with Crippen molar-refractivity contribution < 1.29 is 9.53 Å². The molecule has 5 heteroatoms. The number of likely N-dealkylation sites (N-methyl/N-ethyl adjacent to an activating group) is 1. The lowest BCUT2D eigenvalue weighted by Crippen LogP contribution is -2.51. The highest BCUT2D eigenvalue weighted by Crippen LogP contribution is 2.19. The van der Waals surface area contributed by atoms with Gasteiger partial charge in [-0.15, -0.1) is 0 Å². The predicted molar refractivity (Wildman–Crippen MR) is 92.1 cm³/mol. The molecule has 2 atom stereocenters. The zero-order valence-electron chi connectivity index (χ0n) is 14.5. The van der Waals surface area contributed by atoms with Gasteiger partial charge in [0, 0.05) is 39.8 Å². The quantitative estimate of drug-likeness (QED) is 0.861. The van der Waals surface area contributed by atoms with Gasteiger partial charge in [0.2, 0.25) is 5.91 Å². The number of carbonyl (C=O) groups is 1. The van der Waals surface area contributed by atoms with E-state index in [1.807, 2.05) is 19.2 Å². The zero-order chi connectivity index (χ0) is 16.8. The largest absolute Gasteiger partial charge is 0.381 e.